The number of nitrogens with zero attached hydrogens (tertiary/aromatic N) is 2. The number of rotatable bonds is 5. The number of H-pyrrole nitrogens is 2. The van der Waals surface area contributed by atoms with E-state index in [-0.39, 0.29) is 22.4 Å². The van der Waals surface area contributed by atoms with E-state index < -0.39 is 0 Å². The van der Waals surface area contributed by atoms with Crippen molar-refractivity contribution in [3.63, 3.8) is 0 Å². The van der Waals surface area contributed by atoms with Crippen LogP contribution in [0.2, 0.25) is 5.02 Å². The minimum Gasteiger partial charge on any atom is -0.457 e. The van der Waals surface area contributed by atoms with Crippen molar-refractivity contribution in [2.24, 2.45) is 5.41 Å². The zero-order valence-corrected chi connectivity index (χ0v) is 22.1. The highest BCUT2D eigenvalue weighted by atomic mass is 35.5. The predicted molar refractivity (Wildman–Crippen MR) is 151 cm³/mol. The van der Waals surface area contributed by atoms with E-state index in [0.717, 1.165) is 38.8 Å². The fraction of sp³-hybridized carbons (Fsp3) is 0.300. The molecule has 198 valence electrons. The van der Waals surface area contributed by atoms with Crippen LogP contribution >= 0.6 is 11.6 Å². The first-order valence-electron chi connectivity index (χ1n) is 13.4. The van der Waals surface area contributed by atoms with Crippen LogP contribution in [0.5, 0.6) is 11.5 Å². The van der Waals surface area contributed by atoms with Gasteiger partial charge in [-0.2, -0.15) is 0 Å². The van der Waals surface area contributed by atoms with Crippen molar-refractivity contribution in [2.45, 2.75) is 38.1 Å². The maximum Gasteiger partial charge on any atom is 0.276 e. The van der Waals surface area contributed by atoms with Crippen LogP contribution in [-0.4, -0.2) is 38.6 Å². The minimum absolute atomic E-state index is 0.0926. The lowest BCUT2D eigenvalue weighted by Gasteiger charge is -2.36. The first-order chi connectivity index (χ1) is 19.0. The Labute approximate surface area is 229 Å². The molecule has 39 heavy (non-hydrogen) atoms. The molecule has 0 bridgehead atoms. The molecule has 9 heteroatoms. The fourth-order valence-electron chi connectivity index (χ4n) is 6.32. The summed E-state index contributed by atoms with van der Waals surface area (Å²) in [6, 6.07) is 14.5. The molecule has 2 fully saturated rings. The van der Waals surface area contributed by atoms with Gasteiger partial charge < -0.3 is 15.0 Å². The van der Waals surface area contributed by atoms with Crippen molar-refractivity contribution in [3.8, 4) is 11.5 Å². The zero-order valence-electron chi connectivity index (χ0n) is 21.3. The number of carbonyl (C=O) groups is 1. The van der Waals surface area contributed by atoms with Crippen LogP contribution in [0.25, 0.3) is 21.9 Å². The molecule has 3 N–H and O–H groups in total. The maximum atomic E-state index is 13.7. The van der Waals surface area contributed by atoms with Crippen LogP contribution in [0.3, 0.4) is 0 Å². The van der Waals surface area contributed by atoms with Crippen molar-refractivity contribution in [3.05, 3.63) is 87.4 Å². The maximum absolute atomic E-state index is 13.7. The van der Waals surface area contributed by atoms with E-state index in [1.165, 1.54) is 6.42 Å². The van der Waals surface area contributed by atoms with E-state index in [2.05, 4.69) is 20.4 Å². The lowest BCUT2D eigenvalue weighted by atomic mass is 9.72. The average molecular weight is 542 g/mol. The quantitative estimate of drug-likeness (QED) is 0.237. The van der Waals surface area contributed by atoms with Crippen molar-refractivity contribution in [1.29, 1.82) is 0 Å². The third-order valence-corrected chi connectivity index (χ3v) is 8.82. The van der Waals surface area contributed by atoms with Crippen LogP contribution in [0.1, 0.15) is 54.1 Å². The number of hydrogen-bond donors (Lipinski definition) is 3. The molecule has 0 atom stereocenters. The van der Waals surface area contributed by atoms with E-state index >= 15 is 0 Å². The van der Waals surface area contributed by atoms with Gasteiger partial charge >= 0.3 is 0 Å². The van der Waals surface area contributed by atoms with Gasteiger partial charge in [0.1, 0.15) is 17.1 Å². The molecule has 0 unspecified atom stereocenters. The minimum atomic E-state index is -0.256. The summed E-state index contributed by atoms with van der Waals surface area (Å²) in [6.45, 7) is 2.15. The summed E-state index contributed by atoms with van der Waals surface area (Å²) in [5.74, 6) is 0.961. The number of carbonyl (C=O) groups excluding carboxylic acids is 1. The topological polar surface area (TPSA) is 105 Å². The van der Waals surface area contributed by atoms with Gasteiger partial charge in [-0.15, -0.1) is 0 Å². The third kappa shape index (κ3) is 4.15. The van der Waals surface area contributed by atoms with Gasteiger partial charge in [-0.05, 0) is 68.3 Å². The summed E-state index contributed by atoms with van der Waals surface area (Å²) in [6.07, 6.45) is 8.56. The van der Waals surface area contributed by atoms with E-state index in [4.69, 9.17) is 16.3 Å². The second-order valence-electron chi connectivity index (χ2n) is 10.8. The Morgan fingerprint density at radius 2 is 1.87 bits per heavy atom. The number of benzene rings is 2. The highest BCUT2D eigenvalue weighted by Gasteiger charge is 2.38. The van der Waals surface area contributed by atoms with Gasteiger partial charge in [-0.3, -0.25) is 14.7 Å². The van der Waals surface area contributed by atoms with Crippen LogP contribution in [-0.2, 0) is 0 Å². The van der Waals surface area contributed by atoms with Crippen LogP contribution in [0, 0.1) is 5.41 Å². The van der Waals surface area contributed by atoms with E-state index in [1.807, 2.05) is 30.3 Å². The van der Waals surface area contributed by atoms with Crippen LogP contribution in [0.4, 0.5) is 0 Å². The molecule has 7 rings (SSSR count). The van der Waals surface area contributed by atoms with Crippen molar-refractivity contribution in [2.75, 3.05) is 13.1 Å². The Bertz CT molecular complexity index is 1750. The Kier molecular flexibility index (Phi) is 5.82. The molecule has 4 heterocycles. The highest BCUT2D eigenvalue weighted by Crippen LogP contribution is 2.44. The molecule has 2 aromatic carbocycles. The summed E-state index contributed by atoms with van der Waals surface area (Å²) in [4.78, 5) is 34.7. The molecule has 0 amide bonds. The lowest BCUT2D eigenvalue weighted by Crippen LogP contribution is -2.33. The largest absolute Gasteiger partial charge is 0.457 e. The van der Waals surface area contributed by atoms with Gasteiger partial charge in [0.15, 0.2) is 5.78 Å². The van der Waals surface area contributed by atoms with Gasteiger partial charge in [-0.25, -0.2) is 9.67 Å². The number of pyridine rings is 1. The van der Waals surface area contributed by atoms with Gasteiger partial charge in [0.25, 0.3) is 5.56 Å². The summed E-state index contributed by atoms with van der Waals surface area (Å²) in [7, 11) is 0. The summed E-state index contributed by atoms with van der Waals surface area (Å²) >= 11 is 6.57. The second kappa shape index (κ2) is 9.39. The number of ketones is 1. The first-order valence-corrected chi connectivity index (χ1v) is 13.8. The number of aromatic nitrogens is 4. The first kappa shape index (κ1) is 24.2. The van der Waals surface area contributed by atoms with Gasteiger partial charge in [0, 0.05) is 30.6 Å². The van der Waals surface area contributed by atoms with Crippen molar-refractivity contribution < 1.29 is 9.53 Å². The normalized spacial score (nSPS) is 21.2. The molecule has 3 aromatic heterocycles. The Hall–Kier alpha value is -3.88. The number of halogens is 1. The Morgan fingerprint density at radius 3 is 2.62 bits per heavy atom. The molecule has 0 radical (unpaired) electrons. The zero-order chi connectivity index (χ0) is 26.6. The summed E-state index contributed by atoms with van der Waals surface area (Å²) in [5.41, 5.74) is 2.21. The molecular weight excluding hydrogens is 514 g/mol. The van der Waals surface area contributed by atoms with E-state index in [0.29, 0.717) is 50.0 Å². The number of para-hydroxylation sites is 1. The number of fused-ring (bicyclic) bond motifs is 3. The predicted octanol–water partition coefficient (Wildman–Crippen LogP) is 5.98. The highest BCUT2D eigenvalue weighted by molar-refractivity contribution is 6.36. The average Bonchev–Trinajstić information content (AvgIpc) is 3.67. The number of nitrogens with one attached hydrogen (secondary N) is 3. The van der Waals surface area contributed by atoms with Gasteiger partial charge in [0.05, 0.1) is 32.9 Å². The molecule has 2 aliphatic rings. The molecule has 1 aliphatic carbocycles. The molecule has 1 spiro atoms. The lowest BCUT2D eigenvalue weighted by molar-refractivity contribution is 0.104. The van der Waals surface area contributed by atoms with E-state index in [9.17, 15) is 9.59 Å². The molecule has 8 nitrogen and oxygen atoms in total. The Balaban J connectivity index is 1.22. The van der Waals surface area contributed by atoms with Crippen molar-refractivity contribution >= 4 is 39.3 Å². The molecular formula is C30H28ClN5O3. The second-order valence-corrected chi connectivity index (χ2v) is 11.2. The molecule has 1 saturated heterocycles. The summed E-state index contributed by atoms with van der Waals surface area (Å²) < 4.78 is 7.61. The summed E-state index contributed by atoms with van der Waals surface area (Å²) in [5, 5.41) is 8.23. The SMILES string of the molecule is O=C(c1ccc(Oc2ccccc2)cc1Cl)c1c[nH]c2ncc3c(=O)n(C4CCC5(CCNC5)CC4)[nH]c3c12. The van der Waals surface area contributed by atoms with Crippen molar-refractivity contribution in [1.82, 2.24) is 25.1 Å². The monoisotopic (exact) mass is 541 g/mol. The molecule has 1 saturated carbocycles. The number of ether oxygens (including phenoxy) is 1. The Morgan fingerprint density at radius 1 is 1.05 bits per heavy atom. The smallest absolute Gasteiger partial charge is 0.276 e. The van der Waals surface area contributed by atoms with Gasteiger partial charge in [0.2, 0.25) is 0 Å². The fourth-order valence-corrected chi connectivity index (χ4v) is 6.58. The molecule has 1 aliphatic heterocycles. The van der Waals surface area contributed by atoms with Crippen LogP contribution < -0.4 is 15.6 Å². The molecule has 5 aromatic rings. The van der Waals surface area contributed by atoms with E-state index in [1.54, 1.807) is 35.3 Å². The van der Waals surface area contributed by atoms with Gasteiger partial charge in [-0.1, -0.05) is 29.8 Å². The number of aromatic amines is 2. The third-order valence-electron chi connectivity index (χ3n) is 8.50. The number of hydrogen-bond acceptors (Lipinski definition) is 5. The van der Waals surface area contributed by atoms with Crippen LogP contribution in [0.15, 0.2) is 65.7 Å². The standard InChI is InChI=1S/C30H28ClN5O3/c31-24-14-20(39-19-4-2-1-3-5-19)6-7-21(24)27(37)22-15-33-28-25(22)26-23(16-34-28)29(38)36(35-26)18-8-10-30(11-9-18)12-13-32-17-30/h1-7,14-16,18,32,35H,8-13,17H2,(H,33,34).